The number of fused-ring (bicyclic) bond motifs is 1. The molecular formula is C19H24N2O2. The molecule has 4 heteroatoms. The lowest BCUT2D eigenvalue weighted by molar-refractivity contribution is 0.00718. The molecule has 0 aliphatic carbocycles. The van der Waals surface area contributed by atoms with E-state index in [9.17, 15) is 4.79 Å². The summed E-state index contributed by atoms with van der Waals surface area (Å²) >= 11 is 0. The first kappa shape index (κ1) is 15.8. The zero-order valence-corrected chi connectivity index (χ0v) is 14.3. The van der Waals surface area contributed by atoms with E-state index in [-0.39, 0.29) is 5.97 Å². The van der Waals surface area contributed by atoms with Crippen LogP contribution >= 0.6 is 0 Å². The number of nitrogens with zero attached hydrogens (tertiary/aromatic N) is 2. The molecule has 0 amide bonds. The first-order valence-electron chi connectivity index (χ1n) is 8.20. The normalized spacial score (nSPS) is 18.4. The highest BCUT2D eigenvalue weighted by atomic mass is 16.6. The molecule has 1 fully saturated rings. The number of rotatable bonds is 2. The highest BCUT2D eigenvalue weighted by molar-refractivity contribution is 6.04. The third-order valence-corrected chi connectivity index (χ3v) is 4.13. The van der Waals surface area contributed by atoms with E-state index in [2.05, 4.69) is 28.9 Å². The molecule has 0 saturated carbocycles. The van der Waals surface area contributed by atoms with Gasteiger partial charge in [-0.15, -0.1) is 0 Å². The average molecular weight is 312 g/mol. The first-order valence-corrected chi connectivity index (χ1v) is 8.20. The molecule has 122 valence electrons. The molecule has 1 aliphatic rings. The minimum Gasteiger partial charge on any atom is -0.456 e. The molecule has 1 atom stereocenters. The predicted octanol–water partition coefficient (Wildman–Crippen LogP) is 4.04. The zero-order valence-electron chi connectivity index (χ0n) is 14.3. The van der Waals surface area contributed by atoms with Crippen molar-refractivity contribution in [2.75, 3.05) is 18.0 Å². The van der Waals surface area contributed by atoms with Gasteiger partial charge in [0.1, 0.15) is 5.60 Å². The molecule has 2 heterocycles. The summed E-state index contributed by atoms with van der Waals surface area (Å²) in [5.41, 5.74) is 2.05. The van der Waals surface area contributed by atoms with Crippen molar-refractivity contribution in [2.24, 2.45) is 5.92 Å². The summed E-state index contributed by atoms with van der Waals surface area (Å²) in [7, 11) is 0. The summed E-state index contributed by atoms with van der Waals surface area (Å²) < 4.78 is 5.53. The molecule has 23 heavy (non-hydrogen) atoms. The molecule has 0 radical (unpaired) electrons. The minimum atomic E-state index is -0.505. The molecule has 0 bridgehead atoms. The van der Waals surface area contributed by atoms with Gasteiger partial charge in [0, 0.05) is 30.4 Å². The number of esters is 1. The van der Waals surface area contributed by atoms with Crippen molar-refractivity contribution in [2.45, 2.75) is 39.7 Å². The lowest BCUT2D eigenvalue weighted by Gasteiger charge is -2.21. The largest absolute Gasteiger partial charge is 0.456 e. The van der Waals surface area contributed by atoms with Crippen LogP contribution in [0.5, 0.6) is 0 Å². The molecule has 4 nitrogen and oxygen atoms in total. The van der Waals surface area contributed by atoms with Crippen molar-refractivity contribution < 1.29 is 9.53 Å². The fourth-order valence-electron chi connectivity index (χ4n) is 3.01. The number of carbonyl (C=O) groups is 1. The van der Waals surface area contributed by atoms with Crippen molar-refractivity contribution in [1.82, 2.24) is 4.98 Å². The van der Waals surface area contributed by atoms with Gasteiger partial charge in [0.05, 0.1) is 11.1 Å². The molecular weight excluding hydrogens is 288 g/mol. The average Bonchev–Trinajstić information content (AvgIpc) is 2.91. The maximum Gasteiger partial charge on any atom is 0.339 e. The number of hydrogen-bond acceptors (Lipinski definition) is 4. The van der Waals surface area contributed by atoms with Gasteiger partial charge in [-0.1, -0.05) is 6.92 Å². The van der Waals surface area contributed by atoms with E-state index in [0.717, 1.165) is 29.7 Å². The maximum atomic E-state index is 12.5. The molecule has 1 unspecified atom stereocenters. The van der Waals surface area contributed by atoms with Gasteiger partial charge < -0.3 is 9.64 Å². The summed E-state index contributed by atoms with van der Waals surface area (Å²) in [5, 5.41) is 0.860. The van der Waals surface area contributed by atoms with Crippen molar-refractivity contribution in [1.29, 1.82) is 0 Å². The smallest absolute Gasteiger partial charge is 0.339 e. The minimum absolute atomic E-state index is 0.295. The van der Waals surface area contributed by atoms with Crippen LogP contribution in [0.15, 0.2) is 30.5 Å². The monoisotopic (exact) mass is 312 g/mol. The second-order valence-electron chi connectivity index (χ2n) is 7.40. The lowest BCUT2D eigenvalue weighted by Crippen LogP contribution is -2.24. The van der Waals surface area contributed by atoms with Crippen LogP contribution in [0.3, 0.4) is 0 Å². The summed E-state index contributed by atoms with van der Waals surface area (Å²) in [6, 6.07) is 7.89. The van der Waals surface area contributed by atoms with Gasteiger partial charge in [0.25, 0.3) is 0 Å². The number of benzene rings is 1. The van der Waals surface area contributed by atoms with E-state index < -0.39 is 5.60 Å². The van der Waals surface area contributed by atoms with Crippen LogP contribution in [0.25, 0.3) is 10.9 Å². The van der Waals surface area contributed by atoms with E-state index in [1.807, 2.05) is 26.8 Å². The highest BCUT2D eigenvalue weighted by Gasteiger charge is 2.22. The number of ether oxygens (including phenoxy) is 1. The first-order chi connectivity index (χ1) is 10.8. The van der Waals surface area contributed by atoms with E-state index in [0.29, 0.717) is 11.5 Å². The van der Waals surface area contributed by atoms with Crippen LogP contribution in [0, 0.1) is 5.92 Å². The summed E-state index contributed by atoms with van der Waals surface area (Å²) in [5.74, 6) is 0.418. The van der Waals surface area contributed by atoms with Crippen molar-refractivity contribution in [3.05, 3.63) is 36.0 Å². The quantitative estimate of drug-likeness (QED) is 0.785. The van der Waals surface area contributed by atoms with E-state index in [1.165, 1.54) is 6.42 Å². The van der Waals surface area contributed by atoms with Crippen LogP contribution in [0.2, 0.25) is 0 Å². The Balaban J connectivity index is 2.00. The standard InChI is InChI=1S/C19H24N2O2/c1-13-8-10-21(12-13)14-5-6-17-16(11-14)15(7-9-20-17)18(22)23-19(2,3)4/h5-7,9,11,13H,8,10,12H2,1-4H3. The Morgan fingerprint density at radius 2 is 2.09 bits per heavy atom. The summed E-state index contributed by atoms with van der Waals surface area (Å²) in [6.45, 7) is 10.0. The molecule has 1 aromatic carbocycles. The molecule has 3 rings (SSSR count). The number of aromatic nitrogens is 1. The third-order valence-electron chi connectivity index (χ3n) is 4.13. The molecule has 1 aromatic heterocycles. The number of carbonyl (C=O) groups excluding carboxylic acids is 1. The molecule has 0 spiro atoms. The van der Waals surface area contributed by atoms with Crippen LogP contribution in [0.4, 0.5) is 5.69 Å². The molecule has 0 N–H and O–H groups in total. The van der Waals surface area contributed by atoms with Gasteiger partial charge >= 0.3 is 5.97 Å². The Labute approximate surface area is 137 Å². The third kappa shape index (κ3) is 3.46. The predicted molar refractivity (Wildman–Crippen MR) is 92.9 cm³/mol. The number of hydrogen-bond donors (Lipinski definition) is 0. The molecule has 1 aliphatic heterocycles. The topological polar surface area (TPSA) is 42.4 Å². The van der Waals surface area contributed by atoms with Crippen molar-refractivity contribution in [3.8, 4) is 0 Å². The highest BCUT2D eigenvalue weighted by Crippen LogP contribution is 2.28. The Kier molecular flexibility index (Phi) is 4.00. The van der Waals surface area contributed by atoms with Crippen molar-refractivity contribution in [3.63, 3.8) is 0 Å². The van der Waals surface area contributed by atoms with Gasteiger partial charge in [-0.25, -0.2) is 4.79 Å². The fourth-order valence-corrected chi connectivity index (χ4v) is 3.01. The number of pyridine rings is 1. The van der Waals surface area contributed by atoms with Gasteiger partial charge in [-0.3, -0.25) is 4.98 Å². The zero-order chi connectivity index (χ0) is 16.6. The SMILES string of the molecule is CC1CCN(c2ccc3nccc(C(=O)OC(C)(C)C)c3c2)C1. The molecule has 1 saturated heterocycles. The van der Waals surface area contributed by atoms with Crippen LogP contribution in [-0.2, 0) is 4.74 Å². The van der Waals surface area contributed by atoms with Crippen LogP contribution in [-0.4, -0.2) is 29.6 Å². The van der Waals surface area contributed by atoms with E-state index in [1.54, 1.807) is 12.3 Å². The Bertz CT molecular complexity index is 734. The van der Waals surface area contributed by atoms with Crippen molar-refractivity contribution >= 4 is 22.6 Å². The Morgan fingerprint density at radius 3 is 2.74 bits per heavy atom. The number of anilines is 1. The van der Waals surface area contributed by atoms with E-state index in [4.69, 9.17) is 4.74 Å². The van der Waals surface area contributed by atoms with Gasteiger partial charge in [-0.2, -0.15) is 0 Å². The summed E-state index contributed by atoms with van der Waals surface area (Å²) in [4.78, 5) is 19.2. The van der Waals surface area contributed by atoms with E-state index >= 15 is 0 Å². The fraction of sp³-hybridized carbons (Fsp3) is 0.474. The second-order valence-corrected chi connectivity index (χ2v) is 7.40. The maximum absolute atomic E-state index is 12.5. The Hall–Kier alpha value is -2.10. The molecule has 2 aromatic rings. The lowest BCUT2D eigenvalue weighted by atomic mass is 10.1. The van der Waals surface area contributed by atoms with Crippen LogP contribution < -0.4 is 4.90 Å². The van der Waals surface area contributed by atoms with Crippen LogP contribution in [0.1, 0.15) is 44.5 Å². The Morgan fingerprint density at radius 1 is 1.30 bits per heavy atom. The van der Waals surface area contributed by atoms with Gasteiger partial charge in [-0.05, 0) is 57.4 Å². The second kappa shape index (κ2) is 5.84. The van der Waals surface area contributed by atoms with Gasteiger partial charge in [0.2, 0.25) is 0 Å². The summed E-state index contributed by atoms with van der Waals surface area (Å²) in [6.07, 6.45) is 2.88. The van der Waals surface area contributed by atoms with Gasteiger partial charge in [0.15, 0.2) is 0 Å².